The van der Waals surface area contributed by atoms with Gasteiger partial charge in [0.25, 0.3) is 0 Å². The second kappa shape index (κ2) is 6.86. The minimum atomic E-state index is -0.347. The Hall–Kier alpha value is -1.14. The van der Waals surface area contributed by atoms with Gasteiger partial charge in [-0.1, -0.05) is 12.8 Å². The summed E-state index contributed by atoms with van der Waals surface area (Å²) in [5.41, 5.74) is 0. The zero-order valence-corrected chi connectivity index (χ0v) is 11.6. The number of piperazine rings is 1. The number of rotatable bonds is 3. The van der Waals surface area contributed by atoms with E-state index in [9.17, 15) is 9.59 Å². The largest absolute Gasteiger partial charge is 0.335 e. The fraction of sp³-hybridized carbons (Fsp3) is 0.846. The molecule has 2 fully saturated rings. The van der Waals surface area contributed by atoms with E-state index in [1.165, 1.54) is 0 Å². The van der Waals surface area contributed by atoms with Crippen LogP contribution in [0.1, 0.15) is 32.6 Å². The van der Waals surface area contributed by atoms with Crippen molar-refractivity contribution in [1.82, 2.24) is 20.9 Å². The number of hydrogen-bond acceptors (Lipinski definition) is 4. The van der Waals surface area contributed by atoms with E-state index in [-0.39, 0.29) is 18.0 Å². The van der Waals surface area contributed by atoms with Crippen LogP contribution in [0.4, 0.5) is 4.79 Å². The first kappa shape index (κ1) is 14.3. The summed E-state index contributed by atoms with van der Waals surface area (Å²) in [6.07, 6.45) is 4.38. The minimum absolute atomic E-state index is 0.218. The highest BCUT2D eigenvalue weighted by Crippen LogP contribution is 2.17. The van der Waals surface area contributed by atoms with Crippen LogP contribution in [0.2, 0.25) is 0 Å². The molecule has 6 heteroatoms. The van der Waals surface area contributed by atoms with E-state index in [0.29, 0.717) is 12.6 Å². The molecular weight excluding hydrogens is 244 g/mol. The maximum absolute atomic E-state index is 11.8. The van der Waals surface area contributed by atoms with Crippen molar-refractivity contribution in [2.75, 3.05) is 26.2 Å². The van der Waals surface area contributed by atoms with Gasteiger partial charge in [0.05, 0.1) is 6.54 Å². The Labute approximate surface area is 114 Å². The SMILES string of the molecule is C[C@H]1CN(CC(=O)NC(=O)NC2CCCC2)CCN1. The van der Waals surface area contributed by atoms with Crippen molar-refractivity contribution in [3.8, 4) is 0 Å². The van der Waals surface area contributed by atoms with E-state index in [1.54, 1.807) is 0 Å². The fourth-order valence-electron chi connectivity index (χ4n) is 2.82. The predicted octanol–water partition coefficient (Wildman–Crippen LogP) is 0.0485. The maximum Gasteiger partial charge on any atom is 0.321 e. The molecule has 1 atom stereocenters. The van der Waals surface area contributed by atoms with E-state index in [0.717, 1.165) is 45.3 Å². The average molecular weight is 268 g/mol. The first-order valence-corrected chi connectivity index (χ1v) is 7.19. The van der Waals surface area contributed by atoms with E-state index in [1.807, 2.05) is 0 Å². The zero-order valence-electron chi connectivity index (χ0n) is 11.6. The summed E-state index contributed by atoms with van der Waals surface area (Å²) in [5.74, 6) is -0.218. The number of carbonyl (C=O) groups is 2. The van der Waals surface area contributed by atoms with Gasteiger partial charge in [0.2, 0.25) is 5.91 Å². The predicted molar refractivity (Wildman–Crippen MR) is 72.8 cm³/mol. The molecule has 1 heterocycles. The van der Waals surface area contributed by atoms with Gasteiger partial charge in [0, 0.05) is 31.7 Å². The van der Waals surface area contributed by atoms with Crippen molar-refractivity contribution in [1.29, 1.82) is 0 Å². The van der Waals surface area contributed by atoms with Crippen molar-refractivity contribution in [2.45, 2.75) is 44.7 Å². The Balaban J connectivity index is 1.66. The lowest BCUT2D eigenvalue weighted by atomic mass is 10.2. The summed E-state index contributed by atoms with van der Waals surface area (Å²) in [6.45, 7) is 4.98. The average Bonchev–Trinajstić information content (AvgIpc) is 2.81. The number of nitrogens with zero attached hydrogens (tertiary/aromatic N) is 1. The Morgan fingerprint density at radius 3 is 2.74 bits per heavy atom. The molecule has 0 aromatic carbocycles. The molecular formula is C13H24N4O2. The monoisotopic (exact) mass is 268 g/mol. The quantitative estimate of drug-likeness (QED) is 0.676. The minimum Gasteiger partial charge on any atom is -0.335 e. The molecule has 108 valence electrons. The van der Waals surface area contributed by atoms with Gasteiger partial charge in [-0.05, 0) is 19.8 Å². The molecule has 1 saturated heterocycles. The Morgan fingerprint density at radius 1 is 1.32 bits per heavy atom. The standard InChI is InChI=1S/C13H24N4O2/c1-10-8-17(7-6-14-10)9-12(18)16-13(19)15-11-4-2-3-5-11/h10-11,14H,2-9H2,1H3,(H2,15,16,18,19)/t10-/m0/s1. The van der Waals surface area contributed by atoms with Crippen LogP contribution >= 0.6 is 0 Å². The summed E-state index contributed by atoms with van der Waals surface area (Å²) in [5, 5.41) is 8.59. The molecule has 6 nitrogen and oxygen atoms in total. The van der Waals surface area contributed by atoms with Crippen LogP contribution in [0, 0.1) is 0 Å². The van der Waals surface area contributed by atoms with Gasteiger partial charge >= 0.3 is 6.03 Å². The Kier molecular flexibility index (Phi) is 5.15. The fourth-order valence-corrected chi connectivity index (χ4v) is 2.82. The van der Waals surface area contributed by atoms with Gasteiger partial charge < -0.3 is 10.6 Å². The van der Waals surface area contributed by atoms with E-state index in [4.69, 9.17) is 0 Å². The molecule has 1 saturated carbocycles. The number of imide groups is 1. The van der Waals surface area contributed by atoms with Gasteiger partial charge in [-0.25, -0.2) is 4.79 Å². The molecule has 2 aliphatic rings. The van der Waals surface area contributed by atoms with Crippen molar-refractivity contribution in [3.05, 3.63) is 0 Å². The van der Waals surface area contributed by atoms with Crippen molar-refractivity contribution in [2.24, 2.45) is 0 Å². The van der Waals surface area contributed by atoms with Crippen LogP contribution in [0.5, 0.6) is 0 Å². The van der Waals surface area contributed by atoms with E-state index in [2.05, 4.69) is 27.8 Å². The highest BCUT2D eigenvalue weighted by Gasteiger charge is 2.21. The summed E-state index contributed by atoms with van der Waals surface area (Å²) in [7, 11) is 0. The third-order valence-electron chi connectivity index (χ3n) is 3.76. The summed E-state index contributed by atoms with van der Waals surface area (Å²) in [6, 6.07) is 0.293. The van der Waals surface area contributed by atoms with Crippen molar-refractivity contribution >= 4 is 11.9 Å². The number of carbonyl (C=O) groups excluding carboxylic acids is 2. The van der Waals surface area contributed by atoms with E-state index >= 15 is 0 Å². The summed E-state index contributed by atoms with van der Waals surface area (Å²) in [4.78, 5) is 25.5. The van der Waals surface area contributed by atoms with Crippen LogP contribution in [-0.4, -0.2) is 55.1 Å². The van der Waals surface area contributed by atoms with Gasteiger partial charge in [-0.3, -0.25) is 15.0 Å². The van der Waals surface area contributed by atoms with E-state index < -0.39 is 0 Å². The van der Waals surface area contributed by atoms with Gasteiger partial charge in [-0.15, -0.1) is 0 Å². The normalized spacial score (nSPS) is 25.2. The Morgan fingerprint density at radius 2 is 2.05 bits per heavy atom. The highest BCUT2D eigenvalue weighted by atomic mass is 16.2. The maximum atomic E-state index is 11.8. The molecule has 3 amide bonds. The third-order valence-corrected chi connectivity index (χ3v) is 3.76. The number of amides is 3. The lowest BCUT2D eigenvalue weighted by Crippen LogP contribution is -2.53. The highest BCUT2D eigenvalue weighted by molar-refractivity contribution is 5.95. The molecule has 0 aromatic rings. The molecule has 1 aliphatic heterocycles. The summed E-state index contributed by atoms with van der Waals surface area (Å²) < 4.78 is 0. The molecule has 3 N–H and O–H groups in total. The zero-order chi connectivity index (χ0) is 13.7. The molecule has 0 radical (unpaired) electrons. The topological polar surface area (TPSA) is 73.5 Å². The molecule has 0 bridgehead atoms. The molecule has 0 aromatic heterocycles. The molecule has 0 unspecified atom stereocenters. The molecule has 1 aliphatic carbocycles. The van der Waals surface area contributed by atoms with Gasteiger partial charge in [0.15, 0.2) is 0 Å². The van der Waals surface area contributed by atoms with Crippen LogP contribution in [0.15, 0.2) is 0 Å². The van der Waals surface area contributed by atoms with Crippen LogP contribution < -0.4 is 16.0 Å². The van der Waals surface area contributed by atoms with Crippen LogP contribution in [-0.2, 0) is 4.79 Å². The first-order valence-electron chi connectivity index (χ1n) is 7.19. The second-order valence-corrected chi connectivity index (χ2v) is 5.59. The molecule has 2 rings (SSSR count). The smallest absolute Gasteiger partial charge is 0.321 e. The van der Waals surface area contributed by atoms with Crippen LogP contribution in [0.3, 0.4) is 0 Å². The van der Waals surface area contributed by atoms with Crippen molar-refractivity contribution in [3.63, 3.8) is 0 Å². The number of nitrogens with one attached hydrogen (secondary N) is 3. The number of hydrogen-bond donors (Lipinski definition) is 3. The van der Waals surface area contributed by atoms with Gasteiger partial charge in [0.1, 0.15) is 0 Å². The molecule has 19 heavy (non-hydrogen) atoms. The van der Waals surface area contributed by atoms with Crippen molar-refractivity contribution < 1.29 is 9.59 Å². The van der Waals surface area contributed by atoms with Crippen LogP contribution in [0.25, 0.3) is 0 Å². The second-order valence-electron chi connectivity index (χ2n) is 5.59. The lowest BCUT2D eigenvalue weighted by Gasteiger charge is -2.31. The lowest BCUT2D eigenvalue weighted by molar-refractivity contribution is -0.121. The summed E-state index contributed by atoms with van der Waals surface area (Å²) >= 11 is 0. The first-order chi connectivity index (χ1) is 9.13. The Bertz CT molecular complexity index is 329. The number of urea groups is 1. The molecule has 0 spiro atoms. The third kappa shape index (κ3) is 4.80. The van der Waals surface area contributed by atoms with Gasteiger partial charge in [-0.2, -0.15) is 0 Å².